The number of benzene rings is 1. The lowest BCUT2D eigenvalue weighted by molar-refractivity contribution is -0.129. The first-order valence-electron chi connectivity index (χ1n) is 6.30. The van der Waals surface area contributed by atoms with Gasteiger partial charge in [0.05, 0.1) is 6.42 Å². The molecule has 1 fully saturated rings. The van der Waals surface area contributed by atoms with Crippen LogP contribution in [0.1, 0.15) is 24.5 Å². The van der Waals surface area contributed by atoms with Crippen LogP contribution in [0.25, 0.3) is 0 Å². The zero-order chi connectivity index (χ0) is 12.3. The Bertz CT molecular complexity index is 391. The van der Waals surface area contributed by atoms with Gasteiger partial charge in [0.15, 0.2) is 0 Å². The maximum Gasteiger partial charge on any atom is 0.227 e. The number of aryl methyl sites for hydroxylation is 1. The third-order valence-electron chi connectivity index (χ3n) is 3.36. The molecule has 4 heteroatoms. The molecule has 1 aliphatic heterocycles. The van der Waals surface area contributed by atoms with Gasteiger partial charge in [-0.3, -0.25) is 4.79 Å². The molecule has 0 saturated carbocycles. The standard InChI is InChI=1S/C14H20N2O.ClH/c1-2-11-3-5-12(6-4-11)9-14(17)16-8-7-13(15)10-16;/h3-6,13H,2,7-10,15H2,1H3;1H/t13-;/m1./s1. The number of rotatable bonds is 3. The van der Waals surface area contributed by atoms with Crippen LogP contribution in [0.3, 0.4) is 0 Å². The van der Waals surface area contributed by atoms with Gasteiger partial charge in [-0.25, -0.2) is 0 Å². The van der Waals surface area contributed by atoms with Crippen LogP contribution in [0.4, 0.5) is 0 Å². The SMILES string of the molecule is CCc1ccc(CC(=O)N2CC[C@@H](N)C2)cc1.Cl. The summed E-state index contributed by atoms with van der Waals surface area (Å²) in [4.78, 5) is 13.9. The third-order valence-corrected chi connectivity index (χ3v) is 3.36. The molecule has 0 bridgehead atoms. The quantitative estimate of drug-likeness (QED) is 0.908. The summed E-state index contributed by atoms with van der Waals surface area (Å²) in [6, 6.07) is 8.46. The van der Waals surface area contributed by atoms with Crippen LogP contribution in [0.15, 0.2) is 24.3 Å². The lowest BCUT2D eigenvalue weighted by atomic mass is 10.1. The van der Waals surface area contributed by atoms with Gasteiger partial charge in [0.2, 0.25) is 5.91 Å². The van der Waals surface area contributed by atoms with Crippen molar-refractivity contribution < 1.29 is 4.79 Å². The van der Waals surface area contributed by atoms with E-state index in [1.165, 1.54) is 5.56 Å². The highest BCUT2D eigenvalue weighted by Crippen LogP contribution is 2.11. The summed E-state index contributed by atoms with van der Waals surface area (Å²) >= 11 is 0. The van der Waals surface area contributed by atoms with E-state index in [1.54, 1.807) is 0 Å². The van der Waals surface area contributed by atoms with Crippen molar-refractivity contribution in [3.05, 3.63) is 35.4 Å². The highest BCUT2D eigenvalue weighted by Gasteiger charge is 2.23. The van der Waals surface area contributed by atoms with Gasteiger partial charge in [-0.05, 0) is 24.0 Å². The summed E-state index contributed by atoms with van der Waals surface area (Å²) in [5.41, 5.74) is 8.20. The smallest absolute Gasteiger partial charge is 0.227 e. The van der Waals surface area contributed by atoms with Crippen molar-refractivity contribution >= 4 is 18.3 Å². The Balaban J connectivity index is 0.00000162. The van der Waals surface area contributed by atoms with E-state index in [2.05, 4.69) is 19.1 Å². The molecule has 0 aromatic heterocycles. The minimum Gasteiger partial charge on any atom is -0.341 e. The second kappa shape index (κ2) is 6.76. The highest BCUT2D eigenvalue weighted by molar-refractivity contribution is 5.85. The van der Waals surface area contributed by atoms with Gasteiger partial charge in [-0.2, -0.15) is 0 Å². The van der Waals surface area contributed by atoms with E-state index in [-0.39, 0.29) is 24.4 Å². The van der Waals surface area contributed by atoms with Crippen molar-refractivity contribution in [1.29, 1.82) is 0 Å². The Morgan fingerprint density at radius 3 is 2.44 bits per heavy atom. The Labute approximate surface area is 115 Å². The maximum absolute atomic E-state index is 12.0. The highest BCUT2D eigenvalue weighted by atomic mass is 35.5. The van der Waals surface area contributed by atoms with Crippen LogP contribution in [0.2, 0.25) is 0 Å². The summed E-state index contributed by atoms with van der Waals surface area (Å²) in [5.74, 6) is 0.196. The number of likely N-dealkylation sites (tertiary alicyclic amines) is 1. The number of nitrogens with two attached hydrogens (primary N) is 1. The minimum absolute atomic E-state index is 0. The normalized spacial score (nSPS) is 18.6. The zero-order valence-electron chi connectivity index (χ0n) is 10.8. The molecule has 100 valence electrons. The minimum atomic E-state index is 0. The summed E-state index contributed by atoms with van der Waals surface area (Å²) in [6.45, 7) is 3.66. The lowest BCUT2D eigenvalue weighted by Gasteiger charge is -2.15. The molecule has 3 nitrogen and oxygen atoms in total. The van der Waals surface area contributed by atoms with E-state index in [0.29, 0.717) is 13.0 Å². The molecule has 0 unspecified atom stereocenters. The molecule has 2 rings (SSSR count). The van der Waals surface area contributed by atoms with Gasteiger partial charge >= 0.3 is 0 Å². The van der Waals surface area contributed by atoms with Crippen LogP contribution in [0.5, 0.6) is 0 Å². The Hall–Kier alpha value is -1.06. The van der Waals surface area contributed by atoms with Crippen molar-refractivity contribution in [2.75, 3.05) is 13.1 Å². The topological polar surface area (TPSA) is 46.3 Å². The van der Waals surface area contributed by atoms with Gasteiger partial charge < -0.3 is 10.6 Å². The second-order valence-corrected chi connectivity index (χ2v) is 4.74. The lowest BCUT2D eigenvalue weighted by Crippen LogP contribution is -2.32. The molecule has 0 radical (unpaired) electrons. The van der Waals surface area contributed by atoms with Gasteiger partial charge in [-0.15, -0.1) is 12.4 Å². The molecule has 0 spiro atoms. The van der Waals surface area contributed by atoms with Crippen LogP contribution in [-0.4, -0.2) is 29.9 Å². The van der Waals surface area contributed by atoms with E-state index >= 15 is 0 Å². The van der Waals surface area contributed by atoms with Crippen molar-refractivity contribution in [1.82, 2.24) is 4.90 Å². The van der Waals surface area contributed by atoms with Gasteiger partial charge in [-0.1, -0.05) is 31.2 Å². The molecule has 2 N–H and O–H groups in total. The predicted octanol–water partition coefficient (Wildman–Crippen LogP) is 1.77. The summed E-state index contributed by atoms with van der Waals surface area (Å²) < 4.78 is 0. The van der Waals surface area contributed by atoms with E-state index in [1.807, 2.05) is 17.0 Å². The number of hydrogen-bond donors (Lipinski definition) is 1. The Morgan fingerprint density at radius 2 is 1.94 bits per heavy atom. The Morgan fingerprint density at radius 1 is 1.33 bits per heavy atom. The molecular weight excluding hydrogens is 248 g/mol. The average molecular weight is 269 g/mol. The van der Waals surface area contributed by atoms with Gasteiger partial charge in [0.25, 0.3) is 0 Å². The zero-order valence-corrected chi connectivity index (χ0v) is 11.6. The number of hydrogen-bond acceptors (Lipinski definition) is 2. The molecule has 0 aliphatic carbocycles. The Kier molecular flexibility index (Phi) is 5.63. The first-order chi connectivity index (χ1) is 8.19. The number of nitrogens with zero attached hydrogens (tertiary/aromatic N) is 1. The average Bonchev–Trinajstić information content (AvgIpc) is 2.77. The number of amides is 1. The van der Waals surface area contributed by atoms with Crippen molar-refractivity contribution in [3.8, 4) is 0 Å². The number of carbonyl (C=O) groups excluding carboxylic acids is 1. The molecule has 1 amide bonds. The van der Waals surface area contributed by atoms with E-state index < -0.39 is 0 Å². The van der Waals surface area contributed by atoms with Crippen molar-refractivity contribution in [2.24, 2.45) is 5.73 Å². The number of carbonyl (C=O) groups is 1. The summed E-state index contributed by atoms with van der Waals surface area (Å²) in [5, 5.41) is 0. The fourth-order valence-corrected chi connectivity index (χ4v) is 2.19. The molecule has 1 heterocycles. The fraction of sp³-hybridized carbons (Fsp3) is 0.500. The van der Waals surface area contributed by atoms with Crippen molar-refractivity contribution in [3.63, 3.8) is 0 Å². The largest absolute Gasteiger partial charge is 0.341 e. The predicted molar refractivity (Wildman–Crippen MR) is 75.9 cm³/mol. The van der Waals surface area contributed by atoms with Crippen LogP contribution >= 0.6 is 12.4 Å². The monoisotopic (exact) mass is 268 g/mol. The van der Waals surface area contributed by atoms with Crippen LogP contribution in [-0.2, 0) is 17.6 Å². The first-order valence-corrected chi connectivity index (χ1v) is 6.30. The second-order valence-electron chi connectivity index (χ2n) is 4.74. The number of halogens is 1. The molecular formula is C14H21ClN2O. The fourth-order valence-electron chi connectivity index (χ4n) is 2.19. The molecule has 18 heavy (non-hydrogen) atoms. The van der Waals surface area contributed by atoms with Crippen LogP contribution in [0, 0.1) is 0 Å². The third kappa shape index (κ3) is 3.72. The molecule has 1 aliphatic rings. The van der Waals surface area contributed by atoms with Gasteiger partial charge in [0.1, 0.15) is 0 Å². The summed E-state index contributed by atoms with van der Waals surface area (Å²) in [6.07, 6.45) is 2.46. The summed E-state index contributed by atoms with van der Waals surface area (Å²) in [7, 11) is 0. The van der Waals surface area contributed by atoms with Crippen molar-refractivity contribution in [2.45, 2.75) is 32.2 Å². The molecule has 1 saturated heterocycles. The molecule has 1 aromatic rings. The van der Waals surface area contributed by atoms with E-state index in [0.717, 1.165) is 24.9 Å². The van der Waals surface area contributed by atoms with Gasteiger partial charge in [0, 0.05) is 19.1 Å². The first kappa shape index (κ1) is 15.0. The maximum atomic E-state index is 12.0. The molecule has 1 aromatic carbocycles. The van der Waals surface area contributed by atoms with E-state index in [4.69, 9.17) is 5.73 Å². The van der Waals surface area contributed by atoms with Crippen LogP contribution < -0.4 is 5.73 Å². The van der Waals surface area contributed by atoms with E-state index in [9.17, 15) is 4.79 Å². The molecule has 1 atom stereocenters.